The molecule has 3 N–H and O–H groups in total. The third-order valence-corrected chi connectivity index (χ3v) is 3.60. The molecule has 0 amide bonds. The Bertz CT molecular complexity index is 365. The summed E-state index contributed by atoms with van der Waals surface area (Å²) in [7, 11) is 3.78. The fourth-order valence-electron chi connectivity index (χ4n) is 2.55. The Morgan fingerprint density at radius 1 is 1.20 bits per heavy atom. The van der Waals surface area contributed by atoms with E-state index >= 15 is 0 Å². The number of nitrogens with zero attached hydrogens (tertiary/aromatic N) is 1. The van der Waals surface area contributed by atoms with Crippen molar-refractivity contribution in [1.29, 1.82) is 0 Å². The zero-order valence-electron chi connectivity index (χ0n) is 12.9. The van der Waals surface area contributed by atoms with Gasteiger partial charge < -0.3 is 15.6 Å². The summed E-state index contributed by atoms with van der Waals surface area (Å²) in [5, 5.41) is 8.81. The zero-order valence-corrected chi connectivity index (χ0v) is 12.9. The molecule has 0 fully saturated rings. The van der Waals surface area contributed by atoms with E-state index in [4.69, 9.17) is 15.6 Å². The summed E-state index contributed by atoms with van der Waals surface area (Å²) in [6, 6.07) is 8.38. The van der Waals surface area contributed by atoms with E-state index in [0.29, 0.717) is 0 Å². The van der Waals surface area contributed by atoms with Crippen LogP contribution >= 0.6 is 0 Å². The summed E-state index contributed by atoms with van der Waals surface area (Å²) in [5.74, 6) is 0.864. The Hall–Kier alpha value is -1.10. The van der Waals surface area contributed by atoms with Crippen LogP contribution in [-0.4, -0.2) is 43.4 Å². The molecule has 0 aliphatic rings. The van der Waals surface area contributed by atoms with Gasteiger partial charge in [0.25, 0.3) is 0 Å². The maximum Gasteiger partial charge on any atom is 0.118 e. The predicted molar refractivity (Wildman–Crippen MR) is 83.0 cm³/mol. The number of benzene rings is 1. The van der Waals surface area contributed by atoms with Gasteiger partial charge in [0.1, 0.15) is 5.75 Å². The van der Waals surface area contributed by atoms with Gasteiger partial charge >= 0.3 is 0 Å². The van der Waals surface area contributed by atoms with Crippen LogP contribution in [-0.2, 0) is 0 Å². The molecule has 2 unspecified atom stereocenters. The van der Waals surface area contributed by atoms with E-state index < -0.39 is 0 Å². The van der Waals surface area contributed by atoms with Gasteiger partial charge in [0.2, 0.25) is 0 Å². The normalized spacial score (nSPS) is 14.3. The standard InChI is InChI=1S/C16H28N2O2/c1-13(17)16(18(2)11-5-4-6-12-19)14-7-9-15(20-3)10-8-14/h7-10,13,16,19H,4-6,11-12,17H2,1-3H3. The van der Waals surface area contributed by atoms with Crippen LogP contribution in [0.2, 0.25) is 0 Å². The summed E-state index contributed by atoms with van der Waals surface area (Å²) in [5.41, 5.74) is 7.37. The lowest BCUT2D eigenvalue weighted by Gasteiger charge is -2.31. The van der Waals surface area contributed by atoms with Gasteiger partial charge in [-0.15, -0.1) is 0 Å². The molecular formula is C16H28N2O2. The van der Waals surface area contributed by atoms with Crippen LogP contribution < -0.4 is 10.5 Å². The molecule has 0 heterocycles. The fraction of sp³-hybridized carbons (Fsp3) is 0.625. The molecule has 0 aliphatic heterocycles. The number of aliphatic hydroxyl groups is 1. The van der Waals surface area contributed by atoms with E-state index in [-0.39, 0.29) is 18.7 Å². The number of hydrogen-bond acceptors (Lipinski definition) is 4. The van der Waals surface area contributed by atoms with Crippen LogP contribution in [0.3, 0.4) is 0 Å². The number of aliphatic hydroxyl groups excluding tert-OH is 1. The molecule has 20 heavy (non-hydrogen) atoms. The highest BCUT2D eigenvalue weighted by molar-refractivity contribution is 5.29. The molecule has 2 atom stereocenters. The smallest absolute Gasteiger partial charge is 0.118 e. The number of hydrogen-bond donors (Lipinski definition) is 2. The largest absolute Gasteiger partial charge is 0.497 e. The number of rotatable bonds is 9. The Labute approximate surface area is 122 Å². The minimum Gasteiger partial charge on any atom is -0.497 e. The Morgan fingerprint density at radius 2 is 1.85 bits per heavy atom. The number of ether oxygens (including phenoxy) is 1. The first-order chi connectivity index (χ1) is 9.60. The fourth-order valence-corrected chi connectivity index (χ4v) is 2.55. The second-order valence-corrected chi connectivity index (χ2v) is 5.34. The van der Waals surface area contributed by atoms with E-state index in [0.717, 1.165) is 31.6 Å². The van der Waals surface area contributed by atoms with E-state index in [1.54, 1.807) is 7.11 Å². The molecule has 0 spiro atoms. The van der Waals surface area contributed by atoms with Crippen molar-refractivity contribution >= 4 is 0 Å². The number of methoxy groups -OCH3 is 1. The molecule has 1 aromatic carbocycles. The van der Waals surface area contributed by atoms with E-state index in [9.17, 15) is 0 Å². The van der Waals surface area contributed by atoms with Gasteiger partial charge in [0, 0.05) is 18.7 Å². The quantitative estimate of drug-likeness (QED) is 0.681. The second-order valence-electron chi connectivity index (χ2n) is 5.34. The van der Waals surface area contributed by atoms with Crippen LogP contribution in [0.25, 0.3) is 0 Å². The molecule has 0 aromatic heterocycles. The number of likely N-dealkylation sites (N-methyl/N-ethyl adjacent to an activating group) is 1. The molecule has 0 saturated carbocycles. The van der Waals surface area contributed by atoms with Gasteiger partial charge in [-0.25, -0.2) is 0 Å². The van der Waals surface area contributed by atoms with Crippen molar-refractivity contribution in [3.05, 3.63) is 29.8 Å². The third-order valence-electron chi connectivity index (χ3n) is 3.60. The average molecular weight is 280 g/mol. The van der Waals surface area contributed by atoms with Crippen LogP contribution in [0.15, 0.2) is 24.3 Å². The highest BCUT2D eigenvalue weighted by Gasteiger charge is 2.20. The van der Waals surface area contributed by atoms with Crippen LogP contribution in [0, 0.1) is 0 Å². The van der Waals surface area contributed by atoms with Gasteiger partial charge in [-0.3, -0.25) is 4.90 Å². The summed E-state index contributed by atoms with van der Waals surface area (Å²) < 4.78 is 5.19. The molecule has 0 aliphatic carbocycles. The Morgan fingerprint density at radius 3 is 2.35 bits per heavy atom. The zero-order chi connectivity index (χ0) is 15.0. The molecule has 0 bridgehead atoms. The van der Waals surface area contributed by atoms with E-state index in [1.165, 1.54) is 5.56 Å². The molecule has 1 aromatic rings. The van der Waals surface area contributed by atoms with Crippen molar-refractivity contribution in [2.45, 2.75) is 38.3 Å². The maximum absolute atomic E-state index is 8.81. The van der Waals surface area contributed by atoms with Crippen molar-refractivity contribution in [2.75, 3.05) is 27.3 Å². The molecule has 4 heteroatoms. The molecule has 0 radical (unpaired) electrons. The molecular weight excluding hydrogens is 252 g/mol. The molecule has 4 nitrogen and oxygen atoms in total. The lowest BCUT2D eigenvalue weighted by atomic mass is 9.99. The van der Waals surface area contributed by atoms with Crippen molar-refractivity contribution in [3.8, 4) is 5.75 Å². The van der Waals surface area contributed by atoms with Crippen LogP contribution in [0.4, 0.5) is 0 Å². The van der Waals surface area contributed by atoms with Crippen LogP contribution in [0.5, 0.6) is 5.75 Å². The lowest BCUT2D eigenvalue weighted by Crippen LogP contribution is -2.37. The minimum absolute atomic E-state index is 0.0613. The van der Waals surface area contributed by atoms with Crippen molar-refractivity contribution in [2.24, 2.45) is 5.73 Å². The van der Waals surface area contributed by atoms with Crippen LogP contribution in [0.1, 0.15) is 37.8 Å². The minimum atomic E-state index is 0.0613. The molecule has 1 rings (SSSR count). The summed E-state index contributed by atoms with van der Waals surface area (Å²) in [6.45, 7) is 3.30. The van der Waals surface area contributed by atoms with E-state index in [1.807, 2.05) is 19.1 Å². The summed E-state index contributed by atoms with van der Waals surface area (Å²) in [4.78, 5) is 2.30. The Kier molecular flexibility index (Phi) is 7.59. The van der Waals surface area contributed by atoms with Crippen molar-refractivity contribution < 1.29 is 9.84 Å². The second kappa shape index (κ2) is 8.95. The third kappa shape index (κ3) is 5.12. The number of unbranched alkanes of at least 4 members (excludes halogenated alkanes) is 2. The van der Waals surface area contributed by atoms with E-state index in [2.05, 4.69) is 24.1 Å². The van der Waals surface area contributed by atoms with Crippen molar-refractivity contribution in [1.82, 2.24) is 4.90 Å². The first-order valence-electron chi connectivity index (χ1n) is 7.30. The Balaban J connectivity index is 2.66. The van der Waals surface area contributed by atoms with Gasteiger partial charge in [0.05, 0.1) is 7.11 Å². The van der Waals surface area contributed by atoms with Gasteiger partial charge in [0.15, 0.2) is 0 Å². The monoisotopic (exact) mass is 280 g/mol. The lowest BCUT2D eigenvalue weighted by molar-refractivity contribution is 0.210. The highest BCUT2D eigenvalue weighted by Crippen LogP contribution is 2.24. The van der Waals surface area contributed by atoms with Gasteiger partial charge in [-0.1, -0.05) is 12.1 Å². The summed E-state index contributed by atoms with van der Waals surface area (Å²) in [6.07, 6.45) is 3.00. The first-order valence-corrected chi connectivity index (χ1v) is 7.30. The molecule has 114 valence electrons. The predicted octanol–water partition coefficient (Wildman–Crippen LogP) is 2.18. The van der Waals surface area contributed by atoms with Gasteiger partial charge in [-0.05, 0) is 57.5 Å². The van der Waals surface area contributed by atoms with Crippen molar-refractivity contribution in [3.63, 3.8) is 0 Å². The first kappa shape index (κ1) is 17.0. The topological polar surface area (TPSA) is 58.7 Å². The SMILES string of the molecule is COc1ccc(C(C(C)N)N(C)CCCCCO)cc1. The maximum atomic E-state index is 8.81. The summed E-state index contributed by atoms with van der Waals surface area (Å²) >= 11 is 0. The number of nitrogens with two attached hydrogens (primary N) is 1. The highest BCUT2D eigenvalue weighted by atomic mass is 16.5. The molecule has 0 saturated heterocycles. The average Bonchev–Trinajstić information content (AvgIpc) is 2.44. The van der Waals surface area contributed by atoms with Gasteiger partial charge in [-0.2, -0.15) is 0 Å².